The van der Waals surface area contributed by atoms with Crippen LogP contribution in [0.1, 0.15) is 41.4 Å². The van der Waals surface area contributed by atoms with E-state index in [4.69, 9.17) is 5.11 Å². The van der Waals surface area contributed by atoms with E-state index in [0.717, 1.165) is 16.9 Å². The van der Waals surface area contributed by atoms with Crippen molar-refractivity contribution in [1.29, 1.82) is 0 Å². The fourth-order valence-electron chi connectivity index (χ4n) is 1.98. The fraction of sp³-hybridized carbons (Fsp3) is 0.333. The zero-order chi connectivity index (χ0) is 14.7. The van der Waals surface area contributed by atoms with E-state index in [2.05, 4.69) is 24.3 Å². The van der Waals surface area contributed by atoms with Gasteiger partial charge in [0.25, 0.3) is 0 Å². The Morgan fingerprint density at radius 3 is 2.70 bits per heavy atom. The highest BCUT2D eigenvalue weighted by Crippen LogP contribution is 2.17. The quantitative estimate of drug-likeness (QED) is 0.878. The molecule has 2 N–H and O–H groups in total. The minimum Gasteiger partial charge on any atom is -0.478 e. The number of nitrogens with one attached hydrogen (secondary N) is 1. The SMILES string of the molecule is Cc1cn(C(C)C)nc1NCc1ccccc1C(=O)O. The van der Waals surface area contributed by atoms with E-state index < -0.39 is 5.97 Å². The Morgan fingerprint density at radius 2 is 2.10 bits per heavy atom. The van der Waals surface area contributed by atoms with E-state index >= 15 is 0 Å². The molecule has 0 bridgehead atoms. The molecule has 2 rings (SSSR count). The number of hydrogen-bond acceptors (Lipinski definition) is 3. The fourth-order valence-corrected chi connectivity index (χ4v) is 1.98. The van der Waals surface area contributed by atoms with E-state index in [1.54, 1.807) is 12.1 Å². The molecule has 1 aromatic heterocycles. The molecule has 0 aliphatic carbocycles. The van der Waals surface area contributed by atoms with Crippen LogP contribution in [-0.4, -0.2) is 20.9 Å². The lowest BCUT2D eigenvalue weighted by molar-refractivity contribution is 0.0696. The van der Waals surface area contributed by atoms with E-state index in [9.17, 15) is 4.79 Å². The Kier molecular flexibility index (Phi) is 4.08. The van der Waals surface area contributed by atoms with Gasteiger partial charge in [0.15, 0.2) is 5.82 Å². The highest BCUT2D eigenvalue weighted by Gasteiger charge is 2.11. The molecule has 1 heterocycles. The second kappa shape index (κ2) is 5.77. The first kappa shape index (κ1) is 14.1. The third-order valence-corrected chi connectivity index (χ3v) is 3.14. The molecule has 0 radical (unpaired) electrons. The second-order valence-electron chi connectivity index (χ2n) is 5.05. The van der Waals surface area contributed by atoms with Crippen molar-refractivity contribution in [1.82, 2.24) is 9.78 Å². The number of benzene rings is 1. The van der Waals surface area contributed by atoms with Gasteiger partial charge in [-0.25, -0.2) is 4.79 Å². The van der Waals surface area contributed by atoms with E-state index in [1.807, 2.05) is 29.9 Å². The van der Waals surface area contributed by atoms with Crippen LogP contribution in [0.25, 0.3) is 0 Å². The van der Waals surface area contributed by atoms with Gasteiger partial charge in [0, 0.05) is 24.3 Å². The summed E-state index contributed by atoms with van der Waals surface area (Å²) in [5.74, 6) is -0.120. The number of aromatic nitrogens is 2. The van der Waals surface area contributed by atoms with Crippen LogP contribution in [-0.2, 0) is 6.54 Å². The molecule has 0 fully saturated rings. The highest BCUT2D eigenvalue weighted by molar-refractivity contribution is 5.89. The van der Waals surface area contributed by atoms with Crippen LogP contribution < -0.4 is 5.32 Å². The molecule has 5 nitrogen and oxygen atoms in total. The normalized spacial score (nSPS) is 10.8. The largest absolute Gasteiger partial charge is 0.478 e. The summed E-state index contributed by atoms with van der Waals surface area (Å²) in [5, 5.41) is 16.8. The van der Waals surface area contributed by atoms with Gasteiger partial charge in [-0.2, -0.15) is 5.10 Å². The zero-order valence-corrected chi connectivity index (χ0v) is 11.9. The molecule has 0 amide bonds. The van der Waals surface area contributed by atoms with Gasteiger partial charge >= 0.3 is 5.97 Å². The van der Waals surface area contributed by atoms with Crippen LogP contribution in [0.5, 0.6) is 0 Å². The molecule has 106 valence electrons. The standard InChI is InChI=1S/C15H19N3O2/c1-10(2)18-9-11(3)14(17-18)16-8-12-6-4-5-7-13(12)15(19)20/h4-7,9-10H,8H2,1-3H3,(H,16,17)(H,19,20). The van der Waals surface area contributed by atoms with Gasteiger partial charge < -0.3 is 10.4 Å². The van der Waals surface area contributed by atoms with Gasteiger partial charge in [0.2, 0.25) is 0 Å². The molecule has 0 saturated carbocycles. The minimum atomic E-state index is -0.910. The molecule has 5 heteroatoms. The number of carboxylic acid groups (broad SMARTS) is 1. The highest BCUT2D eigenvalue weighted by atomic mass is 16.4. The minimum absolute atomic E-state index is 0.301. The van der Waals surface area contributed by atoms with Crippen LogP contribution in [0.15, 0.2) is 30.5 Å². The number of carbonyl (C=O) groups is 1. The average Bonchev–Trinajstić information content (AvgIpc) is 2.78. The van der Waals surface area contributed by atoms with Gasteiger partial charge in [0.1, 0.15) is 0 Å². The lowest BCUT2D eigenvalue weighted by Gasteiger charge is -2.08. The third kappa shape index (κ3) is 2.99. The first-order valence-corrected chi connectivity index (χ1v) is 6.60. The molecule has 0 atom stereocenters. The Labute approximate surface area is 118 Å². The lowest BCUT2D eigenvalue weighted by Crippen LogP contribution is -2.08. The maximum absolute atomic E-state index is 11.1. The molecule has 0 unspecified atom stereocenters. The summed E-state index contributed by atoms with van der Waals surface area (Å²) in [7, 11) is 0. The summed E-state index contributed by atoms with van der Waals surface area (Å²) >= 11 is 0. The number of anilines is 1. The van der Waals surface area contributed by atoms with E-state index in [-0.39, 0.29) is 0 Å². The Balaban J connectivity index is 2.15. The summed E-state index contributed by atoms with van der Waals surface area (Å²) in [6.45, 7) is 6.56. The summed E-state index contributed by atoms with van der Waals surface area (Å²) < 4.78 is 1.89. The zero-order valence-electron chi connectivity index (χ0n) is 11.9. The van der Waals surface area contributed by atoms with Crippen molar-refractivity contribution in [2.24, 2.45) is 0 Å². The number of hydrogen-bond donors (Lipinski definition) is 2. The van der Waals surface area contributed by atoms with Gasteiger partial charge in [-0.15, -0.1) is 0 Å². The van der Waals surface area contributed by atoms with Crippen molar-refractivity contribution in [3.05, 3.63) is 47.2 Å². The van der Waals surface area contributed by atoms with Crippen molar-refractivity contribution in [2.75, 3.05) is 5.32 Å². The van der Waals surface area contributed by atoms with E-state index in [0.29, 0.717) is 18.2 Å². The molecule has 0 aliphatic heterocycles. The van der Waals surface area contributed by atoms with Gasteiger partial charge in [-0.3, -0.25) is 4.68 Å². The van der Waals surface area contributed by atoms with Crippen LogP contribution >= 0.6 is 0 Å². The van der Waals surface area contributed by atoms with Crippen LogP contribution in [0, 0.1) is 6.92 Å². The molecule has 1 aromatic carbocycles. The van der Waals surface area contributed by atoms with Crippen LogP contribution in [0.2, 0.25) is 0 Å². The molecule has 2 aromatic rings. The maximum atomic E-state index is 11.1. The van der Waals surface area contributed by atoms with Crippen molar-refractivity contribution in [2.45, 2.75) is 33.4 Å². The number of aromatic carboxylic acids is 1. The predicted molar refractivity (Wildman–Crippen MR) is 78.1 cm³/mol. The number of aryl methyl sites for hydroxylation is 1. The predicted octanol–water partition coefficient (Wildman–Crippen LogP) is 3.08. The van der Waals surface area contributed by atoms with Crippen LogP contribution in [0.4, 0.5) is 5.82 Å². The monoisotopic (exact) mass is 273 g/mol. The summed E-state index contributed by atoms with van der Waals surface area (Å²) in [4.78, 5) is 11.1. The molecular formula is C15H19N3O2. The number of carboxylic acids is 1. The topological polar surface area (TPSA) is 67.2 Å². The average molecular weight is 273 g/mol. The van der Waals surface area contributed by atoms with E-state index in [1.165, 1.54) is 0 Å². The Morgan fingerprint density at radius 1 is 1.40 bits per heavy atom. The molecule has 20 heavy (non-hydrogen) atoms. The van der Waals surface area contributed by atoms with Gasteiger partial charge in [0.05, 0.1) is 5.56 Å². The van der Waals surface area contributed by atoms with Crippen molar-refractivity contribution >= 4 is 11.8 Å². The maximum Gasteiger partial charge on any atom is 0.336 e. The number of rotatable bonds is 5. The second-order valence-corrected chi connectivity index (χ2v) is 5.05. The first-order chi connectivity index (χ1) is 9.49. The third-order valence-electron chi connectivity index (χ3n) is 3.14. The smallest absolute Gasteiger partial charge is 0.336 e. The van der Waals surface area contributed by atoms with Crippen molar-refractivity contribution < 1.29 is 9.90 Å². The summed E-state index contributed by atoms with van der Waals surface area (Å²) in [6, 6.07) is 7.29. The van der Waals surface area contributed by atoms with Crippen LogP contribution in [0.3, 0.4) is 0 Å². The summed E-state index contributed by atoms with van der Waals surface area (Å²) in [6.07, 6.45) is 1.98. The van der Waals surface area contributed by atoms with Gasteiger partial charge in [-0.05, 0) is 32.4 Å². The molecule has 0 spiro atoms. The number of nitrogens with zero attached hydrogens (tertiary/aromatic N) is 2. The lowest BCUT2D eigenvalue weighted by atomic mass is 10.1. The van der Waals surface area contributed by atoms with Crippen molar-refractivity contribution in [3.8, 4) is 0 Å². The van der Waals surface area contributed by atoms with Crippen molar-refractivity contribution in [3.63, 3.8) is 0 Å². The van der Waals surface area contributed by atoms with Gasteiger partial charge in [-0.1, -0.05) is 18.2 Å². The molecule has 0 aliphatic rings. The molecule has 0 saturated heterocycles. The Hall–Kier alpha value is -2.30. The Bertz CT molecular complexity index is 617. The summed E-state index contributed by atoms with van der Waals surface area (Å²) in [5.41, 5.74) is 2.12. The first-order valence-electron chi connectivity index (χ1n) is 6.60. The molecular weight excluding hydrogens is 254 g/mol.